The standard InChI is InChI=1S/C12H17NO2/c1-8-7-15-11-5-4-9(14-3)6-10(11)12(8)13-2/h4-6,8,12-13H,7H2,1-3H3. The van der Waals surface area contributed by atoms with Crippen LogP contribution in [-0.2, 0) is 0 Å². The quantitative estimate of drug-likeness (QED) is 0.804. The molecule has 15 heavy (non-hydrogen) atoms. The second-order valence-electron chi connectivity index (χ2n) is 3.96. The average molecular weight is 207 g/mol. The average Bonchev–Trinajstić information content (AvgIpc) is 2.28. The summed E-state index contributed by atoms with van der Waals surface area (Å²) in [5, 5.41) is 3.33. The van der Waals surface area contributed by atoms with Gasteiger partial charge in [0.1, 0.15) is 11.5 Å². The van der Waals surface area contributed by atoms with Crippen LogP contribution in [0.1, 0.15) is 18.5 Å². The molecule has 0 saturated heterocycles. The van der Waals surface area contributed by atoms with Crippen LogP contribution in [-0.4, -0.2) is 20.8 Å². The molecule has 0 aromatic heterocycles. The third-order valence-corrected chi connectivity index (χ3v) is 2.93. The highest BCUT2D eigenvalue weighted by Crippen LogP contribution is 2.37. The fourth-order valence-electron chi connectivity index (χ4n) is 2.09. The van der Waals surface area contributed by atoms with Crippen molar-refractivity contribution in [3.8, 4) is 11.5 Å². The maximum Gasteiger partial charge on any atom is 0.124 e. The summed E-state index contributed by atoms with van der Waals surface area (Å²) in [6, 6.07) is 6.31. The molecule has 0 amide bonds. The Balaban J connectivity index is 2.41. The first kappa shape index (κ1) is 10.3. The topological polar surface area (TPSA) is 30.5 Å². The predicted molar refractivity (Wildman–Crippen MR) is 59.5 cm³/mol. The summed E-state index contributed by atoms with van der Waals surface area (Å²) in [6.45, 7) is 2.95. The molecule has 0 spiro atoms. The Morgan fingerprint density at radius 2 is 2.27 bits per heavy atom. The van der Waals surface area contributed by atoms with E-state index >= 15 is 0 Å². The number of nitrogens with one attached hydrogen (secondary N) is 1. The molecule has 1 aliphatic rings. The zero-order valence-electron chi connectivity index (χ0n) is 9.41. The van der Waals surface area contributed by atoms with Crippen LogP contribution >= 0.6 is 0 Å². The molecule has 3 heteroatoms. The molecule has 2 unspecified atom stereocenters. The summed E-state index contributed by atoms with van der Waals surface area (Å²) in [6.07, 6.45) is 0. The lowest BCUT2D eigenvalue weighted by Crippen LogP contribution is -2.31. The molecule has 0 bridgehead atoms. The van der Waals surface area contributed by atoms with Gasteiger partial charge in [-0.05, 0) is 25.2 Å². The predicted octanol–water partition coefficient (Wildman–Crippen LogP) is 1.98. The van der Waals surface area contributed by atoms with E-state index in [1.54, 1.807) is 7.11 Å². The van der Waals surface area contributed by atoms with Crippen LogP contribution in [0.15, 0.2) is 18.2 Å². The van der Waals surface area contributed by atoms with Crippen LogP contribution < -0.4 is 14.8 Å². The van der Waals surface area contributed by atoms with Crippen molar-refractivity contribution in [1.82, 2.24) is 5.32 Å². The monoisotopic (exact) mass is 207 g/mol. The first-order valence-electron chi connectivity index (χ1n) is 5.24. The van der Waals surface area contributed by atoms with Gasteiger partial charge >= 0.3 is 0 Å². The van der Waals surface area contributed by atoms with E-state index in [1.807, 2.05) is 25.2 Å². The summed E-state index contributed by atoms with van der Waals surface area (Å²) in [5.74, 6) is 2.33. The van der Waals surface area contributed by atoms with Gasteiger partial charge in [-0.25, -0.2) is 0 Å². The van der Waals surface area contributed by atoms with Crippen molar-refractivity contribution in [1.29, 1.82) is 0 Å². The third-order valence-electron chi connectivity index (χ3n) is 2.93. The van der Waals surface area contributed by atoms with Gasteiger partial charge in [0.2, 0.25) is 0 Å². The van der Waals surface area contributed by atoms with Crippen molar-refractivity contribution >= 4 is 0 Å². The number of methoxy groups -OCH3 is 1. The highest BCUT2D eigenvalue weighted by atomic mass is 16.5. The van der Waals surface area contributed by atoms with Gasteiger partial charge in [-0.3, -0.25) is 0 Å². The van der Waals surface area contributed by atoms with Crippen molar-refractivity contribution in [2.24, 2.45) is 5.92 Å². The van der Waals surface area contributed by atoms with E-state index in [1.165, 1.54) is 5.56 Å². The van der Waals surface area contributed by atoms with E-state index in [2.05, 4.69) is 12.2 Å². The molecule has 0 radical (unpaired) electrons. The lowest BCUT2D eigenvalue weighted by molar-refractivity contribution is 0.193. The highest BCUT2D eigenvalue weighted by Gasteiger charge is 2.26. The summed E-state index contributed by atoms with van der Waals surface area (Å²) in [5.41, 5.74) is 1.19. The second-order valence-corrected chi connectivity index (χ2v) is 3.96. The van der Waals surface area contributed by atoms with Gasteiger partial charge in [0, 0.05) is 17.5 Å². The summed E-state index contributed by atoms with van der Waals surface area (Å²) in [4.78, 5) is 0. The van der Waals surface area contributed by atoms with Crippen molar-refractivity contribution in [2.45, 2.75) is 13.0 Å². The molecule has 1 aromatic rings. The van der Waals surface area contributed by atoms with E-state index < -0.39 is 0 Å². The molecule has 3 nitrogen and oxygen atoms in total. The van der Waals surface area contributed by atoms with Gasteiger partial charge in [0.15, 0.2) is 0 Å². The number of ether oxygens (including phenoxy) is 2. The van der Waals surface area contributed by atoms with Gasteiger partial charge < -0.3 is 14.8 Å². The SMILES string of the molecule is CNC1c2cc(OC)ccc2OCC1C. The lowest BCUT2D eigenvalue weighted by Gasteiger charge is -2.31. The van der Waals surface area contributed by atoms with Crippen LogP contribution in [0.5, 0.6) is 11.5 Å². The molecule has 1 aliphatic heterocycles. The Labute approximate surface area is 90.4 Å². The van der Waals surface area contributed by atoms with Crippen molar-refractivity contribution in [3.05, 3.63) is 23.8 Å². The molecule has 2 rings (SSSR count). The molecule has 0 saturated carbocycles. The van der Waals surface area contributed by atoms with Gasteiger partial charge in [-0.1, -0.05) is 6.92 Å². The van der Waals surface area contributed by atoms with E-state index in [0.29, 0.717) is 12.0 Å². The highest BCUT2D eigenvalue weighted by molar-refractivity contribution is 5.43. The molecular weight excluding hydrogens is 190 g/mol. The Hall–Kier alpha value is -1.22. The number of hydrogen-bond acceptors (Lipinski definition) is 3. The van der Waals surface area contributed by atoms with Crippen LogP contribution in [0, 0.1) is 5.92 Å². The van der Waals surface area contributed by atoms with Crippen LogP contribution in [0.25, 0.3) is 0 Å². The van der Waals surface area contributed by atoms with Crippen molar-refractivity contribution in [3.63, 3.8) is 0 Å². The lowest BCUT2D eigenvalue weighted by atomic mass is 9.92. The fraction of sp³-hybridized carbons (Fsp3) is 0.500. The summed E-state index contributed by atoms with van der Waals surface area (Å²) < 4.78 is 10.9. The first-order chi connectivity index (χ1) is 7.26. The summed E-state index contributed by atoms with van der Waals surface area (Å²) in [7, 11) is 3.67. The molecule has 1 N–H and O–H groups in total. The minimum atomic E-state index is 0.351. The molecule has 0 fully saturated rings. The van der Waals surface area contributed by atoms with Crippen molar-refractivity contribution < 1.29 is 9.47 Å². The summed E-state index contributed by atoms with van der Waals surface area (Å²) >= 11 is 0. The maximum absolute atomic E-state index is 5.67. The van der Waals surface area contributed by atoms with Gasteiger partial charge in [0.25, 0.3) is 0 Å². The second kappa shape index (κ2) is 4.11. The number of fused-ring (bicyclic) bond motifs is 1. The zero-order valence-corrected chi connectivity index (χ0v) is 9.41. The van der Waals surface area contributed by atoms with E-state index in [9.17, 15) is 0 Å². The van der Waals surface area contributed by atoms with Crippen LogP contribution in [0.3, 0.4) is 0 Å². The molecule has 0 aliphatic carbocycles. The molecule has 1 aromatic carbocycles. The minimum Gasteiger partial charge on any atom is -0.497 e. The number of hydrogen-bond donors (Lipinski definition) is 1. The number of rotatable bonds is 2. The maximum atomic E-state index is 5.67. The fourth-order valence-corrected chi connectivity index (χ4v) is 2.09. The van der Waals surface area contributed by atoms with Gasteiger partial charge in [0.05, 0.1) is 13.7 Å². The number of benzene rings is 1. The van der Waals surface area contributed by atoms with E-state index in [0.717, 1.165) is 18.1 Å². The van der Waals surface area contributed by atoms with E-state index in [-0.39, 0.29) is 0 Å². The van der Waals surface area contributed by atoms with Crippen LogP contribution in [0.2, 0.25) is 0 Å². The minimum absolute atomic E-state index is 0.351. The smallest absolute Gasteiger partial charge is 0.124 e. The molecular formula is C12H17NO2. The third kappa shape index (κ3) is 1.79. The molecule has 2 atom stereocenters. The van der Waals surface area contributed by atoms with Crippen molar-refractivity contribution in [2.75, 3.05) is 20.8 Å². The Morgan fingerprint density at radius 3 is 2.93 bits per heavy atom. The first-order valence-corrected chi connectivity index (χ1v) is 5.24. The largest absolute Gasteiger partial charge is 0.497 e. The van der Waals surface area contributed by atoms with Crippen LogP contribution in [0.4, 0.5) is 0 Å². The Morgan fingerprint density at radius 1 is 1.47 bits per heavy atom. The molecule has 82 valence electrons. The normalized spacial score (nSPS) is 24.2. The zero-order chi connectivity index (χ0) is 10.8. The molecule has 1 heterocycles. The Bertz CT molecular complexity index is 351. The van der Waals surface area contributed by atoms with E-state index in [4.69, 9.17) is 9.47 Å². The Kier molecular flexibility index (Phi) is 2.82. The van der Waals surface area contributed by atoms with Gasteiger partial charge in [-0.15, -0.1) is 0 Å². The van der Waals surface area contributed by atoms with Gasteiger partial charge in [-0.2, -0.15) is 0 Å².